The molecule has 0 saturated heterocycles. The Bertz CT molecular complexity index is 235. The highest BCUT2D eigenvalue weighted by molar-refractivity contribution is 6.14. The molecule has 0 saturated carbocycles. The predicted molar refractivity (Wildman–Crippen MR) is 87.5 cm³/mol. The highest BCUT2D eigenvalue weighted by Gasteiger charge is 2.43. The van der Waals surface area contributed by atoms with Crippen molar-refractivity contribution in [1.29, 1.82) is 0 Å². The fourth-order valence-electron chi connectivity index (χ4n) is 2.29. The van der Waals surface area contributed by atoms with Crippen LogP contribution in [0.15, 0.2) is 0 Å². The number of hydrogen-bond acceptors (Lipinski definition) is 2. The highest BCUT2D eigenvalue weighted by Crippen LogP contribution is 2.39. The van der Waals surface area contributed by atoms with E-state index in [0.29, 0.717) is 17.8 Å². The van der Waals surface area contributed by atoms with Crippen molar-refractivity contribution >= 4 is 10.2 Å². The SMILES string of the molecule is CC(C)COC([SiH3])(OCC(C)C)C(C)(C)CC(C)C. The van der Waals surface area contributed by atoms with Gasteiger partial charge in [0, 0.05) is 5.41 Å². The molecule has 0 spiro atoms. The van der Waals surface area contributed by atoms with Crippen LogP contribution in [0.5, 0.6) is 0 Å². The predicted octanol–water partition coefficient (Wildman–Crippen LogP) is 3.42. The molecule has 0 N–H and O–H groups in total. The molecule has 0 aliphatic carbocycles. The monoisotopic (exact) mass is 288 g/mol. The summed E-state index contributed by atoms with van der Waals surface area (Å²) in [5.74, 6) is 1.75. The van der Waals surface area contributed by atoms with Gasteiger partial charge >= 0.3 is 0 Å². The quantitative estimate of drug-likeness (QED) is 0.478. The summed E-state index contributed by atoms with van der Waals surface area (Å²) in [5, 5.41) is 0. The summed E-state index contributed by atoms with van der Waals surface area (Å²) in [5.41, 5.74) is -0.303. The molecule has 0 aliphatic rings. The molecule has 0 bridgehead atoms. The lowest BCUT2D eigenvalue weighted by atomic mass is 9.82. The first-order valence-electron chi connectivity index (χ1n) is 7.78. The van der Waals surface area contributed by atoms with Crippen LogP contribution in [0.25, 0.3) is 0 Å². The van der Waals surface area contributed by atoms with Crippen molar-refractivity contribution < 1.29 is 9.47 Å². The maximum absolute atomic E-state index is 6.25. The molecular formula is C16H36O2Si. The molecule has 0 fully saturated rings. The Kier molecular flexibility index (Phi) is 7.85. The van der Waals surface area contributed by atoms with Gasteiger partial charge in [-0.25, -0.2) is 0 Å². The Morgan fingerprint density at radius 2 is 1.16 bits per heavy atom. The molecule has 19 heavy (non-hydrogen) atoms. The zero-order valence-corrected chi connectivity index (χ0v) is 16.7. The van der Waals surface area contributed by atoms with Crippen LogP contribution in [0, 0.1) is 23.2 Å². The highest BCUT2D eigenvalue weighted by atomic mass is 28.1. The van der Waals surface area contributed by atoms with Crippen LogP contribution in [0.3, 0.4) is 0 Å². The van der Waals surface area contributed by atoms with Crippen molar-refractivity contribution in [2.75, 3.05) is 13.2 Å². The van der Waals surface area contributed by atoms with Crippen molar-refractivity contribution in [3.63, 3.8) is 0 Å². The van der Waals surface area contributed by atoms with Gasteiger partial charge in [0.15, 0.2) is 0 Å². The molecule has 0 aliphatic heterocycles. The molecule has 3 heteroatoms. The lowest BCUT2D eigenvalue weighted by Crippen LogP contribution is -2.52. The van der Waals surface area contributed by atoms with Crippen molar-refractivity contribution in [2.24, 2.45) is 23.2 Å². The van der Waals surface area contributed by atoms with Crippen LogP contribution < -0.4 is 0 Å². The third-order valence-electron chi connectivity index (χ3n) is 3.53. The molecule has 0 aromatic rings. The maximum atomic E-state index is 6.25. The van der Waals surface area contributed by atoms with Crippen molar-refractivity contribution in [3.05, 3.63) is 0 Å². The van der Waals surface area contributed by atoms with Gasteiger partial charge in [0.25, 0.3) is 0 Å². The Morgan fingerprint density at radius 3 is 1.42 bits per heavy atom. The van der Waals surface area contributed by atoms with E-state index in [-0.39, 0.29) is 10.8 Å². The van der Waals surface area contributed by atoms with Crippen molar-refractivity contribution in [3.8, 4) is 0 Å². The van der Waals surface area contributed by atoms with Crippen LogP contribution in [0.2, 0.25) is 0 Å². The van der Waals surface area contributed by atoms with Gasteiger partial charge in [-0.1, -0.05) is 55.4 Å². The lowest BCUT2D eigenvalue weighted by Gasteiger charge is -2.45. The van der Waals surface area contributed by atoms with Crippen molar-refractivity contribution in [2.45, 2.75) is 67.2 Å². The Labute approximate surface area is 124 Å². The summed E-state index contributed by atoms with van der Waals surface area (Å²) in [6.07, 6.45) is 1.13. The first kappa shape index (κ1) is 19.1. The zero-order valence-electron chi connectivity index (χ0n) is 14.7. The second-order valence-corrected chi connectivity index (χ2v) is 9.15. The van der Waals surface area contributed by atoms with Gasteiger partial charge in [0.2, 0.25) is 0 Å². The summed E-state index contributed by atoms with van der Waals surface area (Å²) in [7, 11) is 0.899. The van der Waals surface area contributed by atoms with Gasteiger partial charge in [-0.3, -0.25) is 0 Å². The Hall–Kier alpha value is 0.137. The minimum absolute atomic E-state index is 0.0666. The molecule has 2 nitrogen and oxygen atoms in total. The van der Waals surface area contributed by atoms with E-state index in [9.17, 15) is 0 Å². The van der Waals surface area contributed by atoms with E-state index in [1.165, 1.54) is 0 Å². The van der Waals surface area contributed by atoms with E-state index >= 15 is 0 Å². The number of ether oxygens (including phenoxy) is 2. The molecule has 0 rings (SSSR count). The van der Waals surface area contributed by atoms with Gasteiger partial charge in [-0.15, -0.1) is 0 Å². The summed E-state index contributed by atoms with van der Waals surface area (Å²) in [4.78, 5) is 0. The molecule has 0 aromatic carbocycles. The molecule has 0 amide bonds. The fraction of sp³-hybridized carbons (Fsp3) is 1.00. The van der Waals surface area contributed by atoms with E-state index < -0.39 is 0 Å². The van der Waals surface area contributed by atoms with Gasteiger partial charge < -0.3 is 9.47 Å². The van der Waals surface area contributed by atoms with E-state index in [1.807, 2.05) is 0 Å². The van der Waals surface area contributed by atoms with Gasteiger partial charge in [-0.05, 0) is 24.2 Å². The first-order valence-corrected chi connectivity index (χ1v) is 8.78. The van der Waals surface area contributed by atoms with E-state index in [2.05, 4.69) is 55.4 Å². The van der Waals surface area contributed by atoms with Crippen LogP contribution in [0.1, 0.15) is 61.8 Å². The molecule has 0 aromatic heterocycles. The van der Waals surface area contributed by atoms with Crippen LogP contribution >= 0.6 is 0 Å². The van der Waals surface area contributed by atoms with Crippen LogP contribution in [0.4, 0.5) is 0 Å². The molecule has 0 atom stereocenters. The first-order chi connectivity index (χ1) is 8.50. The molecular weight excluding hydrogens is 252 g/mol. The number of rotatable bonds is 9. The fourth-order valence-corrected chi connectivity index (χ4v) is 2.83. The van der Waals surface area contributed by atoms with E-state index in [4.69, 9.17) is 9.47 Å². The van der Waals surface area contributed by atoms with E-state index in [1.54, 1.807) is 0 Å². The summed E-state index contributed by atoms with van der Waals surface area (Å²) >= 11 is 0. The zero-order chi connectivity index (χ0) is 15.3. The average molecular weight is 289 g/mol. The summed E-state index contributed by atoms with van der Waals surface area (Å²) in [6.45, 7) is 19.5. The standard InChI is InChI=1S/C16H36O2Si/c1-12(2)9-15(7,8)16(19,17-10-13(3)4)18-11-14(5)6/h12-14H,9-11H2,1-8,19H3. The molecule has 0 unspecified atom stereocenters. The molecule has 0 heterocycles. The molecule has 116 valence electrons. The lowest BCUT2D eigenvalue weighted by molar-refractivity contribution is -0.247. The summed E-state index contributed by atoms with van der Waals surface area (Å²) < 4.78 is 12.5. The largest absolute Gasteiger partial charge is 0.354 e. The minimum atomic E-state index is -0.369. The van der Waals surface area contributed by atoms with Gasteiger partial charge in [-0.2, -0.15) is 0 Å². The Balaban J connectivity index is 4.89. The van der Waals surface area contributed by atoms with E-state index in [0.717, 1.165) is 29.9 Å². The summed E-state index contributed by atoms with van der Waals surface area (Å²) in [6, 6.07) is 0. The Morgan fingerprint density at radius 1 is 0.789 bits per heavy atom. The van der Waals surface area contributed by atoms with Crippen LogP contribution in [-0.4, -0.2) is 28.9 Å². The van der Waals surface area contributed by atoms with Gasteiger partial charge in [0.05, 0.1) is 23.5 Å². The van der Waals surface area contributed by atoms with Crippen LogP contribution in [-0.2, 0) is 9.47 Å². The maximum Gasteiger partial charge on any atom is 0.146 e. The topological polar surface area (TPSA) is 18.5 Å². The minimum Gasteiger partial charge on any atom is -0.354 e. The smallest absolute Gasteiger partial charge is 0.146 e. The number of hydrogen-bond donors (Lipinski definition) is 0. The average Bonchev–Trinajstić information content (AvgIpc) is 2.21. The molecule has 0 radical (unpaired) electrons. The third-order valence-corrected chi connectivity index (χ3v) is 5.46. The second-order valence-electron chi connectivity index (χ2n) is 7.84. The van der Waals surface area contributed by atoms with Crippen molar-refractivity contribution in [1.82, 2.24) is 0 Å². The van der Waals surface area contributed by atoms with Gasteiger partial charge in [0.1, 0.15) is 5.41 Å². The third kappa shape index (κ3) is 6.91. The normalized spacial score (nSPS) is 14.1. The second kappa shape index (κ2) is 7.80.